The molecule has 13 heavy (non-hydrogen) atoms. The molecular formula is C8H10ClN3O. The van der Waals surface area contributed by atoms with Crippen LogP contribution in [-0.4, -0.2) is 22.2 Å². The highest BCUT2D eigenvalue weighted by Crippen LogP contribution is 1.96. The number of nitrogens with one attached hydrogen (secondary N) is 1. The van der Waals surface area contributed by atoms with E-state index in [0.717, 1.165) is 0 Å². The standard InChI is InChI=1S/C8H10ClN3O/c1-6(9)5-10-8(13)7-3-4-12(2)11-7/h3-4H,1,5H2,2H3,(H,10,13). The zero-order valence-electron chi connectivity index (χ0n) is 7.25. The minimum absolute atomic E-state index is 0.248. The summed E-state index contributed by atoms with van der Waals surface area (Å²) in [5.74, 6) is -0.248. The predicted molar refractivity (Wildman–Crippen MR) is 50.5 cm³/mol. The zero-order valence-corrected chi connectivity index (χ0v) is 8.01. The molecule has 0 aliphatic carbocycles. The molecule has 0 saturated heterocycles. The lowest BCUT2D eigenvalue weighted by atomic mass is 10.4. The van der Waals surface area contributed by atoms with E-state index in [1.54, 1.807) is 24.0 Å². The van der Waals surface area contributed by atoms with E-state index in [-0.39, 0.29) is 12.5 Å². The van der Waals surface area contributed by atoms with E-state index in [4.69, 9.17) is 11.6 Å². The van der Waals surface area contributed by atoms with Crippen molar-refractivity contribution < 1.29 is 4.79 Å². The Morgan fingerprint density at radius 1 is 1.85 bits per heavy atom. The summed E-state index contributed by atoms with van der Waals surface area (Å²) in [5, 5.41) is 6.88. The quantitative estimate of drug-likeness (QED) is 0.787. The van der Waals surface area contributed by atoms with Crippen molar-refractivity contribution >= 4 is 17.5 Å². The second-order valence-corrected chi connectivity index (χ2v) is 3.11. The first-order chi connectivity index (χ1) is 6.09. The van der Waals surface area contributed by atoms with Gasteiger partial charge in [0.15, 0.2) is 0 Å². The Morgan fingerprint density at radius 2 is 2.54 bits per heavy atom. The SMILES string of the molecule is C=C(Cl)CNC(=O)c1ccn(C)n1. The maximum atomic E-state index is 11.3. The molecule has 0 saturated carbocycles. The molecule has 1 aromatic heterocycles. The summed E-state index contributed by atoms with van der Waals surface area (Å²) in [6.07, 6.45) is 1.70. The van der Waals surface area contributed by atoms with Gasteiger partial charge in [-0.05, 0) is 6.07 Å². The van der Waals surface area contributed by atoms with Gasteiger partial charge in [0.25, 0.3) is 5.91 Å². The van der Waals surface area contributed by atoms with Gasteiger partial charge in [-0.2, -0.15) is 5.10 Å². The molecule has 0 spiro atoms. The fourth-order valence-electron chi connectivity index (χ4n) is 0.803. The summed E-state index contributed by atoms with van der Waals surface area (Å²) in [6.45, 7) is 3.71. The Bertz CT molecular complexity index is 332. The van der Waals surface area contributed by atoms with E-state index >= 15 is 0 Å². The summed E-state index contributed by atoms with van der Waals surface area (Å²) in [5.41, 5.74) is 0.375. The molecule has 0 aliphatic heterocycles. The molecule has 0 fully saturated rings. The number of carbonyl (C=O) groups is 1. The van der Waals surface area contributed by atoms with Crippen LogP contribution in [0, 0.1) is 0 Å². The van der Waals surface area contributed by atoms with E-state index in [1.807, 2.05) is 0 Å². The molecule has 0 unspecified atom stereocenters. The highest BCUT2D eigenvalue weighted by atomic mass is 35.5. The van der Waals surface area contributed by atoms with Gasteiger partial charge in [-0.15, -0.1) is 0 Å². The first-order valence-electron chi connectivity index (χ1n) is 3.70. The van der Waals surface area contributed by atoms with Crippen LogP contribution in [0.5, 0.6) is 0 Å². The van der Waals surface area contributed by atoms with Crippen molar-refractivity contribution in [2.24, 2.45) is 7.05 Å². The number of aryl methyl sites for hydroxylation is 1. The Balaban J connectivity index is 2.54. The first kappa shape index (κ1) is 9.80. The summed E-state index contributed by atoms with van der Waals surface area (Å²) in [7, 11) is 1.75. The molecule has 1 heterocycles. The van der Waals surface area contributed by atoms with E-state index < -0.39 is 0 Å². The van der Waals surface area contributed by atoms with E-state index in [1.165, 1.54) is 0 Å². The summed E-state index contributed by atoms with van der Waals surface area (Å²) < 4.78 is 1.56. The van der Waals surface area contributed by atoms with Crippen LogP contribution >= 0.6 is 11.6 Å². The summed E-state index contributed by atoms with van der Waals surface area (Å²) in [6, 6.07) is 1.63. The fourth-order valence-corrected chi connectivity index (χ4v) is 0.870. The predicted octanol–water partition coefficient (Wildman–Crippen LogP) is 0.902. The van der Waals surface area contributed by atoms with Crippen molar-refractivity contribution in [2.45, 2.75) is 0 Å². The topological polar surface area (TPSA) is 46.9 Å². The number of nitrogens with zero attached hydrogens (tertiary/aromatic N) is 2. The van der Waals surface area contributed by atoms with E-state index in [9.17, 15) is 4.79 Å². The molecular weight excluding hydrogens is 190 g/mol. The highest BCUT2D eigenvalue weighted by molar-refractivity contribution is 6.29. The van der Waals surface area contributed by atoms with Crippen LogP contribution in [0.15, 0.2) is 23.9 Å². The van der Waals surface area contributed by atoms with Crippen molar-refractivity contribution in [1.82, 2.24) is 15.1 Å². The van der Waals surface area contributed by atoms with Gasteiger partial charge in [0.2, 0.25) is 0 Å². The van der Waals surface area contributed by atoms with Gasteiger partial charge in [0, 0.05) is 18.3 Å². The molecule has 4 nitrogen and oxygen atoms in total. The van der Waals surface area contributed by atoms with Crippen LogP contribution in [0.25, 0.3) is 0 Å². The van der Waals surface area contributed by atoms with Crippen molar-refractivity contribution in [1.29, 1.82) is 0 Å². The third-order valence-corrected chi connectivity index (χ3v) is 1.52. The Hall–Kier alpha value is -1.29. The molecule has 0 aliphatic rings. The number of hydrogen-bond acceptors (Lipinski definition) is 2. The van der Waals surface area contributed by atoms with Crippen molar-refractivity contribution in [3.05, 3.63) is 29.6 Å². The van der Waals surface area contributed by atoms with Crippen molar-refractivity contribution in [2.75, 3.05) is 6.54 Å². The average molecular weight is 200 g/mol. The first-order valence-corrected chi connectivity index (χ1v) is 4.08. The van der Waals surface area contributed by atoms with Crippen LogP contribution in [-0.2, 0) is 7.05 Å². The van der Waals surface area contributed by atoms with Gasteiger partial charge in [-0.1, -0.05) is 18.2 Å². The lowest BCUT2D eigenvalue weighted by molar-refractivity contribution is 0.0952. The average Bonchev–Trinajstić information content (AvgIpc) is 2.47. The second kappa shape index (κ2) is 4.09. The summed E-state index contributed by atoms with van der Waals surface area (Å²) >= 11 is 5.48. The minimum Gasteiger partial charge on any atom is -0.346 e. The zero-order chi connectivity index (χ0) is 9.84. The van der Waals surface area contributed by atoms with Gasteiger partial charge in [-0.25, -0.2) is 0 Å². The van der Waals surface area contributed by atoms with Crippen molar-refractivity contribution in [3.63, 3.8) is 0 Å². The number of rotatable bonds is 3. The maximum absolute atomic E-state index is 11.3. The molecule has 0 radical (unpaired) electrons. The van der Waals surface area contributed by atoms with Gasteiger partial charge in [0.1, 0.15) is 5.69 Å². The maximum Gasteiger partial charge on any atom is 0.272 e. The molecule has 1 amide bonds. The third kappa shape index (κ3) is 2.91. The van der Waals surface area contributed by atoms with Crippen LogP contribution in [0.2, 0.25) is 0 Å². The second-order valence-electron chi connectivity index (χ2n) is 2.57. The smallest absolute Gasteiger partial charge is 0.272 e. The van der Waals surface area contributed by atoms with Crippen LogP contribution in [0.4, 0.5) is 0 Å². The van der Waals surface area contributed by atoms with E-state index in [2.05, 4.69) is 17.0 Å². The normalized spacial score (nSPS) is 9.69. The van der Waals surface area contributed by atoms with Crippen LogP contribution < -0.4 is 5.32 Å². The monoisotopic (exact) mass is 199 g/mol. The number of halogens is 1. The Morgan fingerprint density at radius 3 is 3.00 bits per heavy atom. The van der Waals surface area contributed by atoms with Crippen molar-refractivity contribution in [3.8, 4) is 0 Å². The Kier molecular flexibility index (Phi) is 3.08. The number of carbonyl (C=O) groups excluding carboxylic acids is 1. The molecule has 70 valence electrons. The van der Waals surface area contributed by atoms with Crippen LogP contribution in [0.3, 0.4) is 0 Å². The lowest BCUT2D eigenvalue weighted by Gasteiger charge is -1.99. The lowest BCUT2D eigenvalue weighted by Crippen LogP contribution is -2.24. The molecule has 1 N–H and O–H groups in total. The Labute approximate surface area is 81.2 Å². The molecule has 5 heteroatoms. The van der Waals surface area contributed by atoms with E-state index in [0.29, 0.717) is 10.7 Å². The number of aromatic nitrogens is 2. The molecule has 0 bridgehead atoms. The van der Waals surface area contributed by atoms with Gasteiger partial charge < -0.3 is 5.32 Å². The van der Waals surface area contributed by atoms with Crippen LogP contribution in [0.1, 0.15) is 10.5 Å². The molecule has 0 aromatic carbocycles. The molecule has 1 rings (SSSR count). The minimum atomic E-state index is -0.248. The molecule has 0 atom stereocenters. The largest absolute Gasteiger partial charge is 0.346 e. The highest BCUT2D eigenvalue weighted by Gasteiger charge is 2.07. The number of amides is 1. The molecule has 1 aromatic rings. The third-order valence-electron chi connectivity index (χ3n) is 1.39. The van der Waals surface area contributed by atoms with Gasteiger partial charge >= 0.3 is 0 Å². The number of hydrogen-bond donors (Lipinski definition) is 1. The fraction of sp³-hybridized carbons (Fsp3) is 0.250. The van der Waals surface area contributed by atoms with Gasteiger partial charge in [-0.3, -0.25) is 9.48 Å². The van der Waals surface area contributed by atoms with Gasteiger partial charge in [0.05, 0.1) is 6.54 Å². The summed E-state index contributed by atoms with van der Waals surface area (Å²) in [4.78, 5) is 11.3.